The monoisotopic (exact) mass is 385 g/mol. The van der Waals surface area contributed by atoms with Crippen molar-refractivity contribution in [2.24, 2.45) is 13.0 Å². The first-order chi connectivity index (χ1) is 13.5. The van der Waals surface area contributed by atoms with Gasteiger partial charge in [-0.15, -0.1) is 0 Å². The van der Waals surface area contributed by atoms with E-state index in [0.29, 0.717) is 23.3 Å². The van der Waals surface area contributed by atoms with Crippen molar-refractivity contribution in [3.63, 3.8) is 0 Å². The fourth-order valence-corrected chi connectivity index (χ4v) is 3.76. The number of rotatable bonds is 10. The maximum atomic E-state index is 13.4. The fraction of sp³-hybridized carbons (Fsp3) is 0.609. The molecule has 1 heterocycles. The molecule has 2 aromatic rings. The third-order valence-electron chi connectivity index (χ3n) is 5.64. The summed E-state index contributed by atoms with van der Waals surface area (Å²) in [5, 5.41) is 0.613. The van der Waals surface area contributed by atoms with Crippen molar-refractivity contribution in [3.05, 3.63) is 40.4 Å². The molecule has 0 radical (unpaired) electrons. The van der Waals surface area contributed by atoms with Gasteiger partial charge in [-0.1, -0.05) is 52.2 Å². The second kappa shape index (κ2) is 10.4. The second-order valence-corrected chi connectivity index (χ2v) is 7.66. The first-order valence-electron chi connectivity index (χ1n) is 10.7. The number of fused-ring (bicyclic) bond motifs is 1. The summed E-state index contributed by atoms with van der Waals surface area (Å²) < 4.78 is 1.60. The summed E-state index contributed by atoms with van der Waals surface area (Å²) in [4.78, 5) is 32.9. The molecule has 0 saturated carbocycles. The molecule has 0 N–H and O–H groups in total. The lowest BCUT2D eigenvalue weighted by molar-refractivity contribution is -0.138. The molecule has 5 heteroatoms. The highest BCUT2D eigenvalue weighted by molar-refractivity contribution is 5.80. The first kappa shape index (κ1) is 22.1. The third kappa shape index (κ3) is 4.81. The minimum atomic E-state index is -0.239. The zero-order valence-corrected chi connectivity index (χ0v) is 18.1. The van der Waals surface area contributed by atoms with Gasteiger partial charge < -0.3 is 4.90 Å². The lowest BCUT2D eigenvalue weighted by atomic mass is 9.96. The Bertz CT molecular complexity index is 843. The van der Waals surface area contributed by atoms with Crippen LogP contribution in [0.4, 0.5) is 0 Å². The number of carbonyl (C=O) groups is 1. The molecule has 0 aliphatic carbocycles. The predicted molar refractivity (Wildman–Crippen MR) is 115 cm³/mol. The summed E-state index contributed by atoms with van der Waals surface area (Å²) in [7, 11) is 1.75. The van der Waals surface area contributed by atoms with Crippen molar-refractivity contribution in [1.82, 2.24) is 14.5 Å². The number of hydrogen-bond donors (Lipinski definition) is 0. The highest BCUT2D eigenvalue weighted by atomic mass is 16.2. The van der Waals surface area contributed by atoms with Crippen LogP contribution >= 0.6 is 0 Å². The summed E-state index contributed by atoms with van der Waals surface area (Å²) in [6, 6.07) is 7.17. The normalized spacial score (nSPS) is 13.5. The number of unbranched alkanes of at least 4 members (excludes halogenated alkanes) is 2. The van der Waals surface area contributed by atoms with Gasteiger partial charge in [0.05, 0.1) is 16.9 Å². The van der Waals surface area contributed by atoms with Gasteiger partial charge in [0.1, 0.15) is 5.82 Å². The Hall–Kier alpha value is -2.17. The Labute approximate surface area is 168 Å². The van der Waals surface area contributed by atoms with Gasteiger partial charge in [-0.25, -0.2) is 4.98 Å². The van der Waals surface area contributed by atoms with Gasteiger partial charge in [0, 0.05) is 19.5 Å². The van der Waals surface area contributed by atoms with Crippen molar-refractivity contribution in [1.29, 1.82) is 0 Å². The van der Waals surface area contributed by atoms with Crippen molar-refractivity contribution in [2.45, 2.75) is 72.3 Å². The molecule has 0 unspecified atom stereocenters. The standard InChI is InChI=1S/C23H35N3O2/c1-6-9-13-18(8-3)22(27)26(16-10-7-2)17(4)21-24-20-15-12-11-14-19(20)23(28)25(21)5/h11-12,14-15,17-18H,6-10,13,16H2,1-5H3/t17-,18+/m0/s1. The van der Waals surface area contributed by atoms with Gasteiger partial charge in [0.25, 0.3) is 5.56 Å². The van der Waals surface area contributed by atoms with E-state index in [0.717, 1.165) is 38.5 Å². The topological polar surface area (TPSA) is 55.2 Å². The zero-order valence-electron chi connectivity index (χ0n) is 18.1. The van der Waals surface area contributed by atoms with Gasteiger partial charge in [0.2, 0.25) is 5.91 Å². The average Bonchev–Trinajstić information content (AvgIpc) is 2.71. The van der Waals surface area contributed by atoms with Crippen molar-refractivity contribution >= 4 is 16.8 Å². The molecule has 2 atom stereocenters. The highest BCUT2D eigenvalue weighted by Crippen LogP contribution is 2.25. The number of carbonyl (C=O) groups excluding carboxylic acids is 1. The van der Waals surface area contributed by atoms with E-state index < -0.39 is 0 Å². The minimum Gasteiger partial charge on any atom is -0.333 e. The third-order valence-corrected chi connectivity index (χ3v) is 5.64. The predicted octanol–water partition coefficient (Wildman–Crippen LogP) is 4.84. The summed E-state index contributed by atoms with van der Waals surface area (Å²) in [6.07, 6.45) is 5.89. The lowest BCUT2D eigenvalue weighted by Gasteiger charge is -2.33. The van der Waals surface area contributed by atoms with Crippen LogP contribution < -0.4 is 5.56 Å². The fourth-order valence-electron chi connectivity index (χ4n) is 3.76. The molecule has 1 amide bonds. The number of aromatic nitrogens is 2. The molecule has 0 aliphatic heterocycles. The summed E-state index contributed by atoms with van der Waals surface area (Å²) in [6.45, 7) is 9.07. The molecule has 1 aromatic carbocycles. The van der Waals surface area contributed by atoms with Crippen LogP contribution in [0.3, 0.4) is 0 Å². The van der Waals surface area contributed by atoms with Gasteiger partial charge in [0.15, 0.2) is 0 Å². The molecular formula is C23H35N3O2. The average molecular weight is 386 g/mol. The Kier molecular flexibility index (Phi) is 8.21. The van der Waals surface area contributed by atoms with Crippen molar-refractivity contribution in [3.8, 4) is 0 Å². The molecule has 0 aliphatic rings. The summed E-state index contributed by atoms with van der Waals surface area (Å²) in [5.41, 5.74) is 0.627. The molecule has 0 bridgehead atoms. The smallest absolute Gasteiger partial charge is 0.261 e. The van der Waals surface area contributed by atoms with E-state index in [1.165, 1.54) is 0 Å². The number of amides is 1. The SMILES string of the molecule is CCCC[C@@H](CC)C(=O)N(CCCC)[C@@H](C)c1nc2ccccc2c(=O)n1C. The van der Waals surface area contributed by atoms with Crippen LogP contribution in [-0.2, 0) is 11.8 Å². The Morgan fingerprint density at radius 2 is 1.82 bits per heavy atom. The molecule has 5 nitrogen and oxygen atoms in total. The largest absolute Gasteiger partial charge is 0.333 e. The first-order valence-corrected chi connectivity index (χ1v) is 10.7. The van der Waals surface area contributed by atoms with Crippen LogP contribution in [0.5, 0.6) is 0 Å². The van der Waals surface area contributed by atoms with Gasteiger partial charge in [-0.05, 0) is 38.3 Å². The number of para-hydroxylation sites is 1. The maximum Gasteiger partial charge on any atom is 0.261 e. The Morgan fingerprint density at radius 1 is 1.14 bits per heavy atom. The van der Waals surface area contributed by atoms with E-state index in [1.807, 2.05) is 30.0 Å². The van der Waals surface area contributed by atoms with Crippen LogP contribution in [-0.4, -0.2) is 26.9 Å². The zero-order chi connectivity index (χ0) is 20.7. The van der Waals surface area contributed by atoms with Crippen LogP contribution in [0.1, 0.15) is 78.1 Å². The van der Waals surface area contributed by atoms with E-state index in [2.05, 4.69) is 20.8 Å². The highest BCUT2D eigenvalue weighted by Gasteiger charge is 2.29. The van der Waals surface area contributed by atoms with Crippen LogP contribution in [0, 0.1) is 5.92 Å². The number of nitrogens with zero attached hydrogens (tertiary/aromatic N) is 3. The molecule has 0 saturated heterocycles. The molecule has 0 fully saturated rings. The molecule has 1 aromatic heterocycles. The molecular weight excluding hydrogens is 350 g/mol. The van der Waals surface area contributed by atoms with Gasteiger partial charge >= 0.3 is 0 Å². The van der Waals surface area contributed by atoms with E-state index in [-0.39, 0.29) is 23.4 Å². The van der Waals surface area contributed by atoms with Gasteiger partial charge in [-0.3, -0.25) is 14.2 Å². The molecule has 2 rings (SSSR count). The van der Waals surface area contributed by atoms with Crippen molar-refractivity contribution < 1.29 is 4.79 Å². The minimum absolute atomic E-state index is 0.0386. The van der Waals surface area contributed by atoms with E-state index in [1.54, 1.807) is 17.7 Å². The molecule has 0 spiro atoms. The van der Waals surface area contributed by atoms with E-state index in [9.17, 15) is 9.59 Å². The maximum absolute atomic E-state index is 13.4. The number of hydrogen-bond acceptors (Lipinski definition) is 3. The van der Waals surface area contributed by atoms with Crippen LogP contribution in [0.15, 0.2) is 29.1 Å². The number of benzene rings is 1. The lowest BCUT2D eigenvalue weighted by Crippen LogP contribution is -2.41. The van der Waals surface area contributed by atoms with E-state index >= 15 is 0 Å². The van der Waals surface area contributed by atoms with Crippen molar-refractivity contribution in [2.75, 3.05) is 6.54 Å². The summed E-state index contributed by atoms with van der Waals surface area (Å²) in [5.74, 6) is 0.884. The van der Waals surface area contributed by atoms with E-state index in [4.69, 9.17) is 4.98 Å². The Morgan fingerprint density at radius 3 is 2.46 bits per heavy atom. The quantitative estimate of drug-likeness (QED) is 0.588. The van der Waals surface area contributed by atoms with Gasteiger partial charge in [-0.2, -0.15) is 0 Å². The molecule has 28 heavy (non-hydrogen) atoms. The Balaban J connectivity index is 2.43. The van der Waals surface area contributed by atoms with Crippen LogP contribution in [0.25, 0.3) is 10.9 Å². The van der Waals surface area contributed by atoms with Crippen LogP contribution in [0.2, 0.25) is 0 Å². The summed E-state index contributed by atoms with van der Waals surface area (Å²) >= 11 is 0. The molecule has 154 valence electrons. The second-order valence-electron chi connectivity index (χ2n) is 7.66.